The van der Waals surface area contributed by atoms with Crippen molar-refractivity contribution in [2.24, 2.45) is 0 Å². The van der Waals surface area contributed by atoms with Gasteiger partial charge in [-0.05, 0) is 48.5 Å². The molecule has 4 rings (SSSR count). The summed E-state index contributed by atoms with van der Waals surface area (Å²) in [7, 11) is 1.63. The van der Waals surface area contributed by atoms with Crippen molar-refractivity contribution in [3.63, 3.8) is 0 Å². The van der Waals surface area contributed by atoms with Crippen LogP contribution in [0, 0.1) is 5.82 Å². The molecule has 2 N–H and O–H groups in total. The SMILES string of the molecule is COc1cccc(Nc2nc(-c3ccc(NC(=O)c4ccc(F)cc4)cc3)cs2)c1. The van der Waals surface area contributed by atoms with Crippen molar-refractivity contribution >= 4 is 33.8 Å². The van der Waals surface area contributed by atoms with Crippen molar-refractivity contribution in [2.45, 2.75) is 0 Å². The first-order valence-electron chi connectivity index (χ1n) is 9.15. The van der Waals surface area contributed by atoms with Gasteiger partial charge in [-0.3, -0.25) is 4.79 Å². The van der Waals surface area contributed by atoms with Gasteiger partial charge in [0.2, 0.25) is 0 Å². The summed E-state index contributed by atoms with van der Waals surface area (Å²) in [5, 5.41) is 8.81. The Balaban J connectivity index is 1.43. The van der Waals surface area contributed by atoms with Crippen LogP contribution in [0.3, 0.4) is 0 Å². The lowest BCUT2D eigenvalue weighted by Gasteiger charge is -2.06. The zero-order chi connectivity index (χ0) is 20.9. The van der Waals surface area contributed by atoms with E-state index in [-0.39, 0.29) is 11.7 Å². The van der Waals surface area contributed by atoms with Gasteiger partial charge < -0.3 is 15.4 Å². The van der Waals surface area contributed by atoms with Crippen LogP contribution in [0.2, 0.25) is 0 Å². The van der Waals surface area contributed by atoms with Gasteiger partial charge in [-0.25, -0.2) is 9.37 Å². The molecular formula is C23H18FN3O2S. The van der Waals surface area contributed by atoms with E-state index in [9.17, 15) is 9.18 Å². The molecule has 0 saturated carbocycles. The topological polar surface area (TPSA) is 63.2 Å². The summed E-state index contributed by atoms with van der Waals surface area (Å²) in [5.74, 6) is 0.107. The van der Waals surface area contributed by atoms with Crippen molar-refractivity contribution in [1.82, 2.24) is 4.98 Å². The number of aromatic nitrogens is 1. The highest BCUT2D eigenvalue weighted by atomic mass is 32.1. The summed E-state index contributed by atoms with van der Waals surface area (Å²) in [6.07, 6.45) is 0. The smallest absolute Gasteiger partial charge is 0.255 e. The number of nitrogens with one attached hydrogen (secondary N) is 2. The van der Waals surface area contributed by atoms with E-state index in [0.29, 0.717) is 11.3 Å². The van der Waals surface area contributed by atoms with Crippen LogP contribution >= 0.6 is 11.3 Å². The average Bonchev–Trinajstić information content (AvgIpc) is 3.23. The molecule has 1 amide bonds. The highest BCUT2D eigenvalue weighted by Gasteiger charge is 2.08. The van der Waals surface area contributed by atoms with Crippen LogP contribution in [0.4, 0.5) is 20.9 Å². The Bertz CT molecular complexity index is 1160. The molecule has 0 bridgehead atoms. The van der Waals surface area contributed by atoms with E-state index in [1.54, 1.807) is 7.11 Å². The molecule has 1 heterocycles. The van der Waals surface area contributed by atoms with E-state index in [4.69, 9.17) is 4.74 Å². The molecule has 30 heavy (non-hydrogen) atoms. The quantitative estimate of drug-likeness (QED) is 0.405. The first kappa shape index (κ1) is 19.6. The Labute approximate surface area is 177 Å². The molecule has 0 atom stereocenters. The first-order chi connectivity index (χ1) is 14.6. The molecule has 150 valence electrons. The fourth-order valence-electron chi connectivity index (χ4n) is 2.82. The van der Waals surface area contributed by atoms with Crippen molar-refractivity contribution < 1.29 is 13.9 Å². The fraction of sp³-hybridized carbons (Fsp3) is 0.0435. The second kappa shape index (κ2) is 8.75. The number of nitrogens with zero attached hydrogens (tertiary/aromatic N) is 1. The Morgan fingerprint density at radius 2 is 1.77 bits per heavy atom. The number of rotatable bonds is 6. The predicted molar refractivity (Wildman–Crippen MR) is 118 cm³/mol. The Hall–Kier alpha value is -3.71. The maximum Gasteiger partial charge on any atom is 0.255 e. The van der Waals surface area contributed by atoms with Crippen LogP contribution in [-0.4, -0.2) is 18.0 Å². The van der Waals surface area contributed by atoms with E-state index in [1.165, 1.54) is 35.6 Å². The minimum Gasteiger partial charge on any atom is -0.497 e. The first-order valence-corrected chi connectivity index (χ1v) is 10.0. The van der Waals surface area contributed by atoms with E-state index in [1.807, 2.05) is 53.9 Å². The normalized spacial score (nSPS) is 10.5. The number of methoxy groups -OCH3 is 1. The summed E-state index contributed by atoms with van der Waals surface area (Å²) < 4.78 is 18.2. The lowest BCUT2D eigenvalue weighted by Crippen LogP contribution is -2.11. The average molecular weight is 419 g/mol. The van der Waals surface area contributed by atoms with Gasteiger partial charge in [-0.2, -0.15) is 0 Å². The lowest BCUT2D eigenvalue weighted by molar-refractivity contribution is 0.102. The number of ether oxygens (including phenoxy) is 1. The van der Waals surface area contributed by atoms with Crippen molar-refractivity contribution in [1.29, 1.82) is 0 Å². The number of carbonyl (C=O) groups is 1. The van der Waals surface area contributed by atoms with Crippen molar-refractivity contribution in [3.05, 3.63) is 89.6 Å². The molecule has 0 aliphatic heterocycles. The van der Waals surface area contributed by atoms with Crippen molar-refractivity contribution in [2.75, 3.05) is 17.7 Å². The third-order valence-corrected chi connectivity index (χ3v) is 5.13. The molecule has 0 radical (unpaired) electrons. The van der Waals surface area contributed by atoms with Gasteiger partial charge in [0, 0.05) is 33.9 Å². The van der Waals surface area contributed by atoms with E-state index in [2.05, 4.69) is 15.6 Å². The van der Waals surface area contributed by atoms with E-state index in [0.717, 1.165) is 27.8 Å². The molecule has 3 aromatic carbocycles. The molecule has 0 aliphatic rings. The summed E-state index contributed by atoms with van der Waals surface area (Å²) in [6, 6.07) is 20.5. The Kier molecular flexibility index (Phi) is 5.72. The third-order valence-electron chi connectivity index (χ3n) is 4.37. The highest BCUT2D eigenvalue weighted by molar-refractivity contribution is 7.14. The molecule has 1 aromatic heterocycles. The number of carbonyl (C=O) groups excluding carboxylic acids is 1. The number of halogens is 1. The minimum atomic E-state index is -0.376. The number of hydrogen-bond donors (Lipinski definition) is 2. The van der Waals surface area contributed by atoms with Crippen LogP contribution in [0.15, 0.2) is 78.2 Å². The second-order valence-electron chi connectivity index (χ2n) is 6.43. The number of thiazole rings is 1. The maximum atomic E-state index is 13.0. The van der Waals surface area contributed by atoms with E-state index >= 15 is 0 Å². The minimum absolute atomic E-state index is 0.291. The molecule has 7 heteroatoms. The van der Waals surface area contributed by atoms with Gasteiger partial charge in [0.15, 0.2) is 5.13 Å². The molecule has 5 nitrogen and oxygen atoms in total. The molecule has 4 aromatic rings. The van der Waals surface area contributed by atoms with E-state index < -0.39 is 0 Å². The van der Waals surface area contributed by atoms with Gasteiger partial charge in [0.1, 0.15) is 11.6 Å². The van der Waals surface area contributed by atoms with Gasteiger partial charge in [0.25, 0.3) is 5.91 Å². The van der Waals surface area contributed by atoms with Gasteiger partial charge in [-0.15, -0.1) is 11.3 Å². The molecule has 0 unspecified atom stereocenters. The number of anilines is 3. The number of amides is 1. The fourth-order valence-corrected chi connectivity index (χ4v) is 3.56. The maximum absolute atomic E-state index is 13.0. The highest BCUT2D eigenvalue weighted by Crippen LogP contribution is 2.29. The predicted octanol–water partition coefficient (Wildman–Crippen LogP) is 5.95. The number of benzene rings is 3. The molecule has 0 spiro atoms. The third kappa shape index (κ3) is 4.64. The zero-order valence-corrected chi connectivity index (χ0v) is 16.9. The molecule has 0 aliphatic carbocycles. The Morgan fingerprint density at radius 1 is 1.00 bits per heavy atom. The second-order valence-corrected chi connectivity index (χ2v) is 7.29. The van der Waals surface area contributed by atoms with Crippen molar-refractivity contribution in [3.8, 4) is 17.0 Å². The largest absolute Gasteiger partial charge is 0.497 e. The van der Waals surface area contributed by atoms with Crippen LogP contribution < -0.4 is 15.4 Å². The zero-order valence-electron chi connectivity index (χ0n) is 16.1. The monoisotopic (exact) mass is 419 g/mol. The van der Waals surface area contributed by atoms with Crippen LogP contribution in [0.5, 0.6) is 5.75 Å². The number of hydrogen-bond acceptors (Lipinski definition) is 5. The summed E-state index contributed by atoms with van der Waals surface area (Å²) in [4.78, 5) is 16.9. The van der Waals surface area contributed by atoms with Gasteiger partial charge in [-0.1, -0.05) is 18.2 Å². The standard InChI is InChI=1S/C23H18FN3O2S/c1-29-20-4-2-3-19(13-20)26-23-27-21(14-30-23)15-7-11-18(12-8-15)25-22(28)16-5-9-17(24)10-6-16/h2-14H,1H3,(H,25,28)(H,26,27). The molecule has 0 fully saturated rings. The lowest BCUT2D eigenvalue weighted by atomic mass is 10.1. The van der Waals surface area contributed by atoms with Crippen LogP contribution in [0.1, 0.15) is 10.4 Å². The summed E-state index contributed by atoms with van der Waals surface area (Å²) in [6.45, 7) is 0. The Morgan fingerprint density at radius 3 is 2.50 bits per heavy atom. The summed E-state index contributed by atoms with van der Waals surface area (Å²) in [5.41, 5.74) is 3.71. The molecule has 0 saturated heterocycles. The molecular weight excluding hydrogens is 401 g/mol. The summed E-state index contributed by atoms with van der Waals surface area (Å²) >= 11 is 1.50. The van der Waals surface area contributed by atoms with Gasteiger partial charge in [0.05, 0.1) is 12.8 Å². The van der Waals surface area contributed by atoms with Crippen LogP contribution in [0.25, 0.3) is 11.3 Å². The van der Waals surface area contributed by atoms with Crippen LogP contribution in [-0.2, 0) is 0 Å². The van der Waals surface area contributed by atoms with Gasteiger partial charge >= 0.3 is 0 Å².